The SMILES string of the molecule is Cc1ccc(NC(=O)CSc2nnc3c(n2)[nH]c2ccc(Cl)cc23)cc1. The summed E-state index contributed by atoms with van der Waals surface area (Å²) in [6, 6.07) is 13.2. The van der Waals surface area contributed by atoms with Crippen LogP contribution < -0.4 is 5.32 Å². The zero-order valence-corrected chi connectivity index (χ0v) is 15.4. The number of carbonyl (C=O) groups excluding carboxylic acids is 1. The van der Waals surface area contributed by atoms with Gasteiger partial charge in [-0.3, -0.25) is 4.79 Å². The van der Waals surface area contributed by atoms with Crippen molar-refractivity contribution >= 4 is 57.0 Å². The van der Waals surface area contributed by atoms with E-state index >= 15 is 0 Å². The molecule has 2 aromatic carbocycles. The quantitative estimate of drug-likeness (QED) is 0.516. The summed E-state index contributed by atoms with van der Waals surface area (Å²) in [7, 11) is 0. The third-order valence-corrected chi connectivity index (χ3v) is 4.90. The molecule has 2 heterocycles. The predicted molar refractivity (Wildman–Crippen MR) is 105 cm³/mol. The summed E-state index contributed by atoms with van der Waals surface area (Å²) in [5, 5.41) is 13.1. The van der Waals surface area contributed by atoms with Gasteiger partial charge in [-0.1, -0.05) is 41.1 Å². The Labute approximate surface area is 158 Å². The first-order valence-corrected chi connectivity index (χ1v) is 9.26. The number of aromatic amines is 1. The molecule has 8 heteroatoms. The Bertz CT molecular complexity index is 1110. The van der Waals surface area contributed by atoms with Crippen LogP contribution in [0.3, 0.4) is 0 Å². The Balaban J connectivity index is 1.47. The molecule has 0 spiro atoms. The third kappa shape index (κ3) is 3.49. The predicted octanol–water partition coefficient (Wildman–Crippen LogP) is 4.20. The average molecular weight is 384 g/mol. The minimum Gasteiger partial charge on any atom is -0.338 e. The highest BCUT2D eigenvalue weighted by Crippen LogP contribution is 2.26. The Kier molecular flexibility index (Phi) is 4.48. The van der Waals surface area contributed by atoms with E-state index in [1.165, 1.54) is 11.8 Å². The number of thioether (sulfide) groups is 1. The molecule has 26 heavy (non-hydrogen) atoms. The fraction of sp³-hybridized carbons (Fsp3) is 0.111. The molecule has 1 amide bonds. The van der Waals surface area contributed by atoms with Gasteiger partial charge in [-0.05, 0) is 37.3 Å². The number of aryl methyl sites for hydroxylation is 1. The van der Waals surface area contributed by atoms with E-state index in [0.717, 1.165) is 22.2 Å². The number of anilines is 1. The third-order valence-electron chi connectivity index (χ3n) is 3.82. The maximum absolute atomic E-state index is 12.1. The lowest BCUT2D eigenvalue weighted by atomic mass is 10.2. The zero-order chi connectivity index (χ0) is 18.1. The monoisotopic (exact) mass is 383 g/mol. The van der Waals surface area contributed by atoms with Crippen molar-refractivity contribution in [3.63, 3.8) is 0 Å². The fourth-order valence-corrected chi connectivity index (χ4v) is 3.31. The van der Waals surface area contributed by atoms with Gasteiger partial charge in [0.1, 0.15) is 5.52 Å². The molecule has 0 radical (unpaired) electrons. The number of hydrogen-bond acceptors (Lipinski definition) is 5. The van der Waals surface area contributed by atoms with Crippen LogP contribution in [0.2, 0.25) is 5.02 Å². The first kappa shape index (κ1) is 16.8. The van der Waals surface area contributed by atoms with E-state index < -0.39 is 0 Å². The van der Waals surface area contributed by atoms with Gasteiger partial charge in [-0.25, -0.2) is 4.98 Å². The highest BCUT2D eigenvalue weighted by atomic mass is 35.5. The van der Waals surface area contributed by atoms with Crippen LogP contribution in [-0.4, -0.2) is 31.8 Å². The van der Waals surface area contributed by atoms with Crippen LogP contribution in [0.1, 0.15) is 5.56 Å². The molecule has 0 atom stereocenters. The van der Waals surface area contributed by atoms with Crippen LogP contribution in [-0.2, 0) is 4.79 Å². The van der Waals surface area contributed by atoms with Gasteiger partial charge in [-0.2, -0.15) is 0 Å². The molecule has 0 saturated carbocycles. The van der Waals surface area contributed by atoms with Crippen molar-refractivity contribution in [1.82, 2.24) is 20.2 Å². The molecule has 2 aromatic heterocycles. The van der Waals surface area contributed by atoms with E-state index in [0.29, 0.717) is 21.3 Å². The van der Waals surface area contributed by atoms with Gasteiger partial charge in [0.15, 0.2) is 5.65 Å². The van der Waals surface area contributed by atoms with Crippen LogP contribution in [0.4, 0.5) is 5.69 Å². The topological polar surface area (TPSA) is 83.6 Å². The van der Waals surface area contributed by atoms with Crippen molar-refractivity contribution in [3.05, 3.63) is 53.1 Å². The van der Waals surface area contributed by atoms with Crippen LogP contribution in [0.5, 0.6) is 0 Å². The number of nitrogens with one attached hydrogen (secondary N) is 2. The summed E-state index contributed by atoms with van der Waals surface area (Å²) in [6.07, 6.45) is 0. The van der Waals surface area contributed by atoms with Crippen molar-refractivity contribution in [2.45, 2.75) is 12.1 Å². The van der Waals surface area contributed by atoms with Crippen molar-refractivity contribution in [3.8, 4) is 0 Å². The van der Waals surface area contributed by atoms with E-state index in [9.17, 15) is 4.79 Å². The molecule has 0 aliphatic heterocycles. The van der Waals surface area contributed by atoms with Crippen molar-refractivity contribution < 1.29 is 4.79 Å². The average Bonchev–Trinajstić information content (AvgIpc) is 2.99. The van der Waals surface area contributed by atoms with Crippen molar-refractivity contribution in [1.29, 1.82) is 0 Å². The van der Waals surface area contributed by atoms with Crippen LogP contribution >= 0.6 is 23.4 Å². The van der Waals surface area contributed by atoms with E-state index in [2.05, 4.69) is 25.5 Å². The fourth-order valence-electron chi connectivity index (χ4n) is 2.55. The van der Waals surface area contributed by atoms with E-state index in [1.54, 1.807) is 6.07 Å². The lowest BCUT2D eigenvalue weighted by molar-refractivity contribution is -0.113. The molecule has 0 aliphatic rings. The first-order valence-electron chi connectivity index (χ1n) is 7.89. The van der Waals surface area contributed by atoms with Gasteiger partial charge in [0.05, 0.1) is 5.75 Å². The number of halogens is 1. The maximum Gasteiger partial charge on any atom is 0.234 e. The number of nitrogens with zero attached hydrogens (tertiary/aromatic N) is 3. The molecule has 0 fully saturated rings. The van der Waals surface area contributed by atoms with Gasteiger partial charge >= 0.3 is 0 Å². The van der Waals surface area contributed by atoms with Crippen LogP contribution in [0.15, 0.2) is 47.6 Å². The molecular weight excluding hydrogens is 370 g/mol. The zero-order valence-electron chi connectivity index (χ0n) is 13.8. The Hall–Kier alpha value is -2.64. The highest BCUT2D eigenvalue weighted by Gasteiger charge is 2.11. The van der Waals surface area contributed by atoms with E-state index in [4.69, 9.17) is 11.6 Å². The highest BCUT2D eigenvalue weighted by molar-refractivity contribution is 7.99. The Morgan fingerprint density at radius 3 is 2.81 bits per heavy atom. The molecule has 6 nitrogen and oxygen atoms in total. The van der Waals surface area contributed by atoms with Gasteiger partial charge in [0.25, 0.3) is 0 Å². The van der Waals surface area contributed by atoms with Crippen LogP contribution in [0, 0.1) is 6.92 Å². The van der Waals surface area contributed by atoms with Crippen LogP contribution in [0.25, 0.3) is 22.1 Å². The molecular formula is C18H14ClN5OS. The number of fused-ring (bicyclic) bond motifs is 3. The smallest absolute Gasteiger partial charge is 0.234 e. The normalized spacial score (nSPS) is 11.2. The van der Waals surface area contributed by atoms with E-state index in [1.807, 2.05) is 43.3 Å². The second-order valence-electron chi connectivity index (χ2n) is 5.81. The molecule has 0 unspecified atom stereocenters. The largest absolute Gasteiger partial charge is 0.338 e. The minimum absolute atomic E-state index is 0.119. The number of H-pyrrole nitrogens is 1. The molecule has 0 aliphatic carbocycles. The number of hydrogen-bond donors (Lipinski definition) is 2. The molecule has 4 aromatic rings. The number of rotatable bonds is 4. The van der Waals surface area contributed by atoms with Gasteiger partial charge < -0.3 is 10.3 Å². The summed E-state index contributed by atoms with van der Waals surface area (Å²) >= 11 is 7.27. The number of benzene rings is 2. The summed E-state index contributed by atoms with van der Waals surface area (Å²) in [5.41, 5.74) is 4.09. The number of amides is 1. The van der Waals surface area contributed by atoms with Gasteiger partial charge in [0, 0.05) is 21.6 Å². The Morgan fingerprint density at radius 1 is 1.19 bits per heavy atom. The molecule has 4 rings (SSSR count). The molecule has 0 bridgehead atoms. The summed E-state index contributed by atoms with van der Waals surface area (Å²) in [4.78, 5) is 19.7. The van der Waals surface area contributed by atoms with E-state index in [-0.39, 0.29) is 11.7 Å². The second kappa shape index (κ2) is 6.93. The standard InChI is InChI=1S/C18H14ClN5OS/c1-10-2-5-12(6-3-10)20-15(25)9-26-18-22-17-16(23-24-18)13-8-11(19)4-7-14(13)21-17/h2-8H,9H2,1H3,(H,20,25)(H,21,22,24). The van der Waals surface area contributed by atoms with Crippen molar-refractivity contribution in [2.24, 2.45) is 0 Å². The summed E-state index contributed by atoms with van der Waals surface area (Å²) < 4.78 is 0. The summed E-state index contributed by atoms with van der Waals surface area (Å²) in [6.45, 7) is 2.00. The van der Waals surface area contributed by atoms with Gasteiger partial charge in [-0.15, -0.1) is 10.2 Å². The van der Waals surface area contributed by atoms with Gasteiger partial charge in [0.2, 0.25) is 11.1 Å². The first-order chi connectivity index (χ1) is 12.6. The lowest BCUT2D eigenvalue weighted by Gasteiger charge is -2.04. The molecule has 130 valence electrons. The number of carbonyl (C=O) groups is 1. The lowest BCUT2D eigenvalue weighted by Crippen LogP contribution is -2.14. The minimum atomic E-state index is -0.119. The maximum atomic E-state index is 12.1. The molecule has 0 saturated heterocycles. The second-order valence-corrected chi connectivity index (χ2v) is 7.19. The van der Waals surface area contributed by atoms with Crippen molar-refractivity contribution in [2.75, 3.05) is 11.1 Å². The summed E-state index contributed by atoms with van der Waals surface area (Å²) in [5.74, 6) is 0.0820. The Morgan fingerprint density at radius 2 is 2.00 bits per heavy atom. The number of aromatic nitrogens is 4. The molecule has 2 N–H and O–H groups in total.